The van der Waals surface area contributed by atoms with Crippen LogP contribution in [0.15, 0.2) is 71.1 Å². The first-order valence-electron chi connectivity index (χ1n) is 8.86. The zero-order valence-corrected chi connectivity index (χ0v) is 15.7. The molecule has 0 aliphatic carbocycles. The van der Waals surface area contributed by atoms with Gasteiger partial charge in [0.15, 0.2) is 6.10 Å². The highest BCUT2D eigenvalue weighted by Gasteiger charge is 2.21. The molecule has 0 aliphatic rings. The first kappa shape index (κ1) is 19.2. The van der Waals surface area contributed by atoms with Crippen LogP contribution in [0.4, 0.5) is 5.69 Å². The Morgan fingerprint density at radius 1 is 1.04 bits per heavy atom. The van der Waals surface area contributed by atoms with Crippen molar-refractivity contribution in [3.63, 3.8) is 0 Å². The Morgan fingerprint density at radius 3 is 2.57 bits per heavy atom. The predicted molar refractivity (Wildman–Crippen MR) is 104 cm³/mol. The molecule has 6 heteroatoms. The van der Waals surface area contributed by atoms with Crippen LogP contribution in [0.25, 0.3) is 0 Å². The summed E-state index contributed by atoms with van der Waals surface area (Å²) in [4.78, 5) is 24.4. The van der Waals surface area contributed by atoms with Gasteiger partial charge in [-0.15, -0.1) is 0 Å². The minimum Gasteiger partial charge on any atom is -0.486 e. The van der Waals surface area contributed by atoms with Gasteiger partial charge in [0.05, 0.1) is 0 Å². The maximum absolute atomic E-state index is 12.2. The van der Waals surface area contributed by atoms with Crippen LogP contribution in [0, 0.1) is 6.92 Å². The van der Waals surface area contributed by atoms with E-state index in [0.29, 0.717) is 17.2 Å². The van der Waals surface area contributed by atoms with Crippen LogP contribution >= 0.6 is 0 Å². The van der Waals surface area contributed by atoms with E-state index in [2.05, 4.69) is 5.32 Å². The number of carbonyl (C=O) groups excluding carboxylic acids is 2. The van der Waals surface area contributed by atoms with Crippen molar-refractivity contribution in [2.75, 3.05) is 5.32 Å². The smallest absolute Gasteiger partial charge is 0.375 e. The maximum Gasteiger partial charge on any atom is 0.375 e. The molecule has 3 rings (SSSR count). The van der Waals surface area contributed by atoms with E-state index in [4.69, 9.17) is 13.9 Å². The predicted octanol–water partition coefficient (Wildman–Crippen LogP) is 4.35. The quantitative estimate of drug-likeness (QED) is 0.618. The van der Waals surface area contributed by atoms with Crippen LogP contribution in [0.1, 0.15) is 28.8 Å². The van der Waals surface area contributed by atoms with Crippen molar-refractivity contribution in [3.8, 4) is 5.75 Å². The summed E-state index contributed by atoms with van der Waals surface area (Å²) in [6.07, 6.45) is -0.970. The van der Waals surface area contributed by atoms with Crippen molar-refractivity contribution in [3.05, 3.63) is 83.8 Å². The van der Waals surface area contributed by atoms with E-state index in [1.165, 1.54) is 13.0 Å². The molecule has 0 aliphatic heterocycles. The summed E-state index contributed by atoms with van der Waals surface area (Å²) in [5, 5.41) is 2.72. The Bertz CT molecular complexity index is 948. The van der Waals surface area contributed by atoms with Crippen molar-refractivity contribution in [2.45, 2.75) is 26.6 Å². The number of furan rings is 1. The molecule has 0 fully saturated rings. The third-order valence-electron chi connectivity index (χ3n) is 3.93. The molecule has 144 valence electrons. The molecular formula is C22H21NO5. The van der Waals surface area contributed by atoms with E-state index in [-0.39, 0.29) is 12.4 Å². The van der Waals surface area contributed by atoms with Gasteiger partial charge in [-0.1, -0.05) is 30.3 Å². The molecule has 1 amide bonds. The molecule has 2 aromatic carbocycles. The van der Waals surface area contributed by atoms with E-state index in [0.717, 1.165) is 5.56 Å². The number of esters is 1. The average molecular weight is 379 g/mol. The third-order valence-corrected chi connectivity index (χ3v) is 3.93. The van der Waals surface area contributed by atoms with E-state index < -0.39 is 18.0 Å². The fourth-order valence-corrected chi connectivity index (χ4v) is 2.48. The number of aryl methyl sites for hydroxylation is 1. The van der Waals surface area contributed by atoms with Gasteiger partial charge < -0.3 is 19.2 Å². The Labute approximate surface area is 163 Å². The van der Waals surface area contributed by atoms with Crippen LogP contribution in [0.3, 0.4) is 0 Å². The highest BCUT2D eigenvalue weighted by Crippen LogP contribution is 2.16. The first-order valence-corrected chi connectivity index (χ1v) is 8.86. The van der Waals surface area contributed by atoms with Crippen molar-refractivity contribution in [2.24, 2.45) is 0 Å². The van der Waals surface area contributed by atoms with E-state index >= 15 is 0 Å². The van der Waals surface area contributed by atoms with Crippen LogP contribution in [-0.4, -0.2) is 18.0 Å². The van der Waals surface area contributed by atoms with E-state index in [9.17, 15) is 9.59 Å². The summed E-state index contributed by atoms with van der Waals surface area (Å²) in [7, 11) is 0. The number of anilines is 1. The fraction of sp³-hybridized carbons (Fsp3) is 0.182. The summed E-state index contributed by atoms with van der Waals surface area (Å²) in [5.74, 6) is 0.0648. The first-order chi connectivity index (χ1) is 13.5. The molecule has 0 bridgehead atoms. The molecule has 1 aromatic heterocycles. The van der Waals surface area contributed by atoms with Crippen LogP contribution in [0.2, 0.25) is 0 Å². The van der Waals surface area contributed by atoms with Crippen LogP contribution < -0.4 is 10.1 Å². The van der Waals surface area contributed by atoms with E-state index in [1.807, 2.05) is 55.5 Å². The maximum atomic E-state index is 12.2. The van der Waals surface area contributed by atoms with Gasteiger partial charge in [-0.2, -0.15) is 0 Å². The summed E-state index contributed by atoms with van der Waals surface area (Å²) in [6, 6.07) is 19.8. The van der Waals surface area contributed by atoms with Gasteiger partial charge in [0.25, 0.3) is 5.91 Å². The Morgan fingerprint density at radius 2 is 1.82 bits per heavy atom. The van der Waals surface area contributed by atoms with Gasteiger partial charge in [-0.3, -0.25) is 4.79 Å². The Kier molecular flexibility index (Phi) is 6.11. The Balaban J connectivity index is 1.52. The normalized spacial score (nSPS) is 11.5. The second-order valence-corrected chi connectivity index (χ2v) is 6.27. The second-order valence-electron chi connectivity index (χ2n) is 6.27. The number of carbonyl (C=O) groups is 2. The standard InChI is InChI=1S/C22H21NO5/c1-15-7-6-8-17(13-15)23-21(24)16(2)27-22(25)20-12-11-19(28-20)14-26-18-9-4-3-5-10-18/h3-13,16H,14H2,1-2H3,(H,23,24). The number of benzene rings is 2. The lowest BCUT2D eigenvalue weighted by Gasteiger charge is -2.13. The molecule has 1 heterocycles. The lowest BCUT2D eigenvalue weighted by molar-refractivity contribution is -0.123. The number of rotatable bonds is 7. The van der Waals surface area contributed by atoms with Crippen molar-refractivity contribution >= 4 is 17.6 Å². The van der Waals surface area contributed by atoms with Crippen molar-refractivity contribution in [1.82, 2.24) is 0 Å². The number of hydrogen-bond acceptors (Lipinski definition) is 5. The van der Waals surface area contributed by atoms with Gasteiger partial charge in [0.2, 0.25) is 5.76 Å². The number of nitrogens with one attached hydrogen (secondary N) is 1. The lowest BCUT2D eigenvalue weighted by Crippen LogP contribution is -2.29. The van der Waals surface area contributed by atoms with Crippen molar-refractivity contribution in [1.29, 1.82) is 0 Å². The van der Waals surface area contributed by atoms with Gasteiger partial charge in [-0.05, 0) is 55.8 Å². The molecule has 6 nitrogen and oxygen atoms in total. The average Bonchev–Trinajstić information content (AvgIpc) is 3.16. The van der Waals surface area contributed by atoms with Crippen LogP contribution in [-0.2, 0) is 16.1 Å². The number of amides is 1. The molecule has 3 aromatic rings. The number of hydrogen-bond donors (Lipinski definition) is 1. The zero-order chi connectivity index (χ0) is 19.9. The molecular weight excluding hydrogens is 358 g/mol. The minimum atomic E-state index is -0.970. The molecule has 0 saturated carbocycles. The summed E-state index contributed by atoms with van der Waals surface area (Å²) in [5.41, 5.74) is 1.66. The fourth-order valence-electron chi connectivity index (χ4n) is 2.48. The van der Waals surface area contributed by atoms with Gasteiger partial charge >= 0.3 is 5.97 Å². The van der Waals surface area contributed by atoms with Gasteiger partial charge in [0, 0.05) is 5.69 Å². The molecule has 28 heavy (non-hydrogen) atoms. The van der Waals surface area contributed by atoms with Gasteiger partial charge in [-0.25, -0.2) is 4.79 Å². The molecule has 0 radical (unpaired) electrons. The summed E-state index contributed by atoms with van der Waals surface area (Å²) < 4.78 is 16.2. The second kappa shape index (κ2) is 8.90. The highest BCUT2D eigenvalue weighted by atomic mass is 16.6. The van der Waals surface area contributed by atoms with Gasteiger partial charge in [0.1, 0.15) is 18.1 Å². The van der Waals surface area contributed by atoms with Crippen molar-refractivity contribution < 1.29 is 23.5 Å². The SMILES string of the molecule is Cc1cccc(NC(=O)C(C)OC(=O)c2ccc(COc3ccccc3)o2)c1. The summed E-state index contributed by atoms with van der Waals surface area (Å²) in [6.45, 7) is 3.61. The van der Waals surface area contributed by atoms with E-state index in [1.54, 1.807) is 12.1 Å². The monoisotopic (exact) mass is 379 g/mol. The molecule has 1 unspecified atom stereocenters. The topological polar surface area (TPSA) is 77.8 Å². The highest BCUT2D eigenvalue weighted by molar-refractivity contribution is 5.96. The minimum absolute atomic E-state index is 0.0156. The Hall–Kier alpha value is -3.54. The molecule has 1 N–H and O–H groups in total. The number of ether oxygens (including phenoxy) is 2. The molecule has 0 spiro atoms. The zero-order valence-electron chi connectivity index (χ0n) is 15.7. The van der Waals surface area contributed by atoms with Crippen LogP contribution in [0.5, 0.6) is 5.75 Å². The lowest BCUT2D eigenvalue weighted by atomic mass is 10.2. The number of para-hydroxylation sites is 1. The largest absolute Gasteiger partial charge is 0.486 e. The molecule has 0 saturated heterocycles. The summed E-state index contributed by atoms with van der Waals surface area (Å²) >= 11 is 0. The third kappa shape index (κ3) is 5.23. The molecule has 1 atom stereocenters.